The van der Waals surface area contributed by atoms with Crippen molar-refractivity contribution in [2.45, 2.75) is 69.9 Å². The van der Waals surface area contributed by atoms with Crippen molar-refractivity contribution >= 4 is 17.1 Å². The molecule has 1 aromatic rings. The Balaban J connectivity index is 1.61. The Morgan fingerprint density at radius 2 is 1.78 bits per heavy atom. The second-order valence-corrected chi connectivity index (χ2v) is 8.47. The van der Waals surface area contributed by atoms with Crippen LogP contribution in [0.3, 0.4) is 0 Å². The maximum Gasteiger partial charge on any atom is 0.0642 e. The molecule has 4 N–H and O–H groups in total. The molecule has 0 spiro atoms. The van der Waals surface area contributed by atoms with E-state index in [9.17, 15) is 0 Å². The minimum atomic E-state index is 0.397. The second kappa shape index (κ2) is 9.16. The summed E-state index contributed by atoms with van der Waals surface area (Å²) >= 11 is 0. The van der Waals surface area contributed by atoms with Gasteiger partial charge in [0.1, 0.15) is 0 Å². The zero-order valence-corrected chi connectivity index (χ0v) is 16.6. The molecule has 27 heavy (non-hydrogen) atoms. The van der Waals surface area contributed by atoms with E-state index < -0.39 is 0 Å². The van der Waals surface area contributed by atoms with Crippen LogP contribution in [-0.4, -0.2) is 44.9 Å². The van der Waals surface area contributed by atoms with E-state index in [0.717, 1.165) is 45.7 Å². The minimum absolute atomic E-state index is 0.397. The van der Waals surface area contributed by atoms with Crippen LogP contribution in [0, 0.1) is 0 Å². The van der Waals surface area contributed by atoms with Crippen molar-refractivity contribution in [2.24, 2.45) is 5.73 Å². The van der Waals surface area contributed by atoms with Crippen LogP contribution in [0.25, 0.3) is 0 Å². The van der Waals surface area contributed by atoms with Crippen LogP contribution in [0.2, 0.25) is 0 Å². The average Bonchev–Trinajstić information content (AvgIpc) is 2.82. The lowest BCUT2D eigenvalue weighted by molar-refractivity contribution is 0.122. The second-order valence-electron chi connectivity index (χ2n) is 8.47. The topological polar surface area (TPSA) is 62.5 Å². The van der Waals surface area contributed by atoms with Crippen LogP contribution in [0.5, 0.6) is 0 Å². The Morgan fingerprint density at radius 1 is 1.00 bits per heavy atom. The molecule has 2 aliphatic heterocycles. The third kappa shape index (κ3) is 4.88. The molecule has 2 heterocycles. The zero-order chi connectivity index (χ0) is 18.5. The van der Waals surface area contributed by atoms with E-state index in [1.54, 1.807) is 0 Å². The molecule has 0 atom stereocenters. The first-order valence-corrected chi connectivity index (χ1v) is 11.1. The highest BCUT2D eigenvalue weighted by Crippen LogP contribution is 2.35. The molecular weight excluding hydrogens is 336 g/mol. The molecular formula is C22H36N4O. The van der Waals surface area contributed by atoms with Gasteiger partial charge in [-0.15, -0.1) is 0 Å². The molecule has 0 unspecified atom stereocenters. The lowest BCUT2D eigenvalue weighted by Gasteiger charge is -2.32. The first-order chi connectivity index (χ1) is 13.3. The summed E-state index contributed by atoms with van der Waals surface area (Å²) in [6.45, 7) is 4.70. The summed E-state index contributed by atoms with van der Waals surface area (Å²) in [4.78, 5) is 2.47. The summed E-state index contributed by atoms with van der Waals surface area (Å²) in [5.74, 6) is 0. The predicted molar refractivity (Wildman–Crippen MR) is 114 cm³/mol. The van der Waals surface area contributed by atoms with Crippen LogP contribution in [0.15, 0.2) is 12.1 Å². The van der Waals surface area contributed by atoms with Gasteiger partial charge in [0.15, 0.2) is 0 Å². The first kappa shape index (κ1) is 18.9. The van der Waals surface area contributed by atoms with Crippen molar-refractivity contribution in [1.82, 2.24) is 0 Å². The number of hydrogen-bond acceptors (Lipinski definition) is 5. The van der Waals surface area contributed by atoms with Gasteiger partial charge in [-0.1, -0.05) is 12.8 Å². The number of nitrogens with zero attached hydrogens (tertiary/aromatic N) is 1. The largest absolute Gasteiger partial charge is 0.385 e. The van der Waals surface area contributed by atoms with E-state index >= 15 is 0 Å². The van der Waals surface area contributed by atoms with Crippen molar-refractivity contribution in [3.8, 4) is 0 Å². The van der Waals surface area contributed by atoms with Gasteiger partial charge in [-0.05, 0) is 62.6 Å². The number of nitrogens with two attached hydrogens (primary N) is 1. The maximum atomic E-state index is 6.12. The van der Waals surface area contributed by atoms with Crippen molar-refractivity contribution in [1.29, 1.82) is 0 Å². The Kier molecular flexibility index (Phi) is 6.40. The zero-order valence-electron chi connectivity index (χ0n) is 16.6. The number of rotatable bonds is 3. The summed E-state index contributed by atoms with van der Waals surface area (Å²) < 4.78 is 5.56. The molecule has 5 heteroatoms. The Hall–Kier alpha value is -1.46. The molecule has 3 aliphatic rings. The quantitative estimate of drug-likeness (QED) is 0.754. The number of benzene rings is 1. The highest BCUT2D eigenvalue weighted by Gasteiger charge is 2.22. The summed E-state index contributed by atoms with van der Waals surface area (Å²) in [5, 5.41) is 7.68. The fraction of sp³-hybridized carbons (Fsp3) is 0.727. The SMILES string of the molecule is N[C@H]1CC[C@@H](Nc2cc(N3CCOCC3)cc3c2CCCCCCN3)CC1. The number of morpholine rings is 1. The van der Waals surface area contributed by atoms with E-state index in [-0.39, 0.29) is 0 Å². The maximum absolute atomic E-state index is 6.12. The molecule has 1 aromatic carbocycles. The lowest BCUT2D eigenvalue weighted by Crippen LogP contribution is -2.36. The summed E-state index contributed by atoms with van der Waals surface area (Å²) in [6, 6.07) is 5.74. The molecule has 1 saturated carbocycles. The Labute approximate surface area is 164 Å². The highest BCUT2D eigenvalue weighted by molar-refractivity contribution is 5.74. The number of hydrogen-bond donors (Lipinski definition) is 3. The fourth-order valence-electron chi connectivity index (χ4n) is 4.70. The average molecular weight is 373 g/mol. The van der Waals surface area contributed by atoms with E-state index in [0.29, 0.717) is 12.1 Å². The van der Waals surface area contributed by atoms with Gasteiger partial charge in [-0.3, -0.25) is 0 Å². The molecule has 5 nitrogen and oxygen atoms in total. The lowest BCUT2D eigenvalue weighted by atomic mass is 9.91. The smallest absolute Gasteiger partial charge is 0.0642 e. The van der Waals surface area contributed by atoms with Crippen LogP contribution in [0.1, 0.15) is 56.9 Å². The number of anilines is 3. The normalized spacial score (nSPS) is 26.9. The Bertz CT molecular complexity index is 607. The first-order valence-electron chi connectivity index (χ1n) is 11.1. The van der Waals surface area contributed by atoms with Gasteiger partial charge in [-0.25, -0.2) is 0 Å². The van der Waals surface area contributed by atoms with Gasteiger partial charge in [0.05, 0.1) is 13.2 Å². The monoisotopic (exact) mass is 372 g/mol. The number of ether oxygens (including phenoxy) is 1. The van der Waals surface area contributed by atoms with Gasteiger partial charge >= 0.3 is 0 Å². The number of nitrogens with one attached hydrogen (secondary N) is 2. The molecule has 0 amide bonds. The third-order valence-corrected chi connectivity index (χ3v) is 6.41. The van der Waals surface area contributed by atoms with Crippen LogP contribution < -0.4 is 21.3 Å². The molecule has 1 saturated heterocycles. The van der Waals surface area contributed by atoms with E-state index in [2.05, 4.69) is 27.7 Å². The molecule has 0 bridgehead atoms. The Morgan fingerprint density at radius 3 is 2.59 bits per heavy atom. The van der Waals surface area contributed by atoms with Crippen LogP contribution in [-0.2, 0) is 11.2 Å². The predicted octanol–water partition coefficient (Wildman–Crippen LogP) is 3.73. The van der Waals surface area contributed by atoms with E-state index in [1.807, 2.05) is 0 Å². The summed E-state index contributed by atoms with van der Waals surface area (Å²) in [6.07, 6.45) is 11.0. The van der Waals surface area contributed by atoms with Crippen molar-refractivity contribution < 1.29 is 4.74 Å². The minimum Gasteiger partial charge on any atom is -0.385 e. The molecule has 2 fully saturated rings. The van der Waals surface area contributed by atoms with Crippen LogP contribution in [0.4, 0.5) is 17.1 Å². The summed E-state index contributed by atoms with van der Waals surface area (Å²) in [7, 11) is 0. The van der Waals surface area contributed by atoms with Crippen molar-refractivity contribution in [2.75, 3.05) is 48.4 Å². The van der Waals surface area contributed by atoms with E-state index in [1.165, 1.54) is 67.6 Å². The molecule has 4 rings (SSSR count). The van der Waals surface area contributed by atoms with Crippen molar-refractivity contribution in [3.63, 3.8) is 0 Å². The van der Waals surface area contributed by atoms with Gasteiger partial charge in [0, 0.05) is 48.8 Å². The molecule has 0 radical (unpaired) electrons. The molecule has 0 aromatic heterocycles. The fourth-order valence-corrected chi connectivity index (χ4v) is 4.70. The number of fused-ring (bicyclic) bond motifs is 1. The molecule has 1 aliphatic carbocycles. The van der Waals surface area contributed by atoms with E-state index in [4.69, 9.17) is 10.5 Å². The third-order valence-electron chi connectivity index (χ3n) is 6.41. The molecule has 150 valence electrons. The standard InChI is InChI=1S/C22H36N4O/c23-17-6-8-18(9-7-17)25-22-16-19(26-11-13-27-14-12-26)15-21-20(22)5-3-1-2-4-10-24-21/h15-18,24-25H,1-14,23H2/t17-,18+. The van der Waals surface area contributed by atoms with Crippen LogP contribution >= 0.6 is 0 Å². The van der Waals surface area contributed by atoms with Gasteiger partial charge in [-0.2, -0.15) is 0 Å². The van der Waals surface area contributed by atoms with Gasteiger partial charge in [0.25, 0.3) is 0 Å². The van der Waals surface area contributed by atoms with Gasteiger partial charge < -0.3 is 26.0 Å². The highest BCUT2D eigenvalue weighted by atomic mass is 16.5. The van der Waals surface area contributed by atoms with Gasteiger partial charge in [0.2, 0.25) is 0 Å². The summed E-state index contributed by atoms with van der Waals surface area (Å²) in [5.41, 5.74) is 11.6. The van der Waals surface area contributed by atoms with Crippen molar-refractivity contribution in [3.05, 3.63) is 17.7 Å².